The monoisotopic (exact) mass is 309 g/mol. The van der Waals surface area contributed by atoms with Crippen molar-refractivity contribution in [3.8, 4) is 17.4 Å². The number of hydrogen-bond acceptors (Lipinski definition) is 3. The highest BCUT2D eigenvalue weighted by molar-refractivity contribution is 5.34. The average Bonchev–Trinajstić information content (AvgIpc) is 2.36. The molecule has 0 fully saturated rings. The SMILES string of the molecule is Fc1cc(F)c(Oc2ccc(OC(F)(F)F)cc2)nc1F. The maximum absolute atomic E-state index is 13.3. The quantitative estimate of drug-likeness (QED) is 0.629. The van der Waals surface area contributed by atoms with E-state index in [4.69, 9.17) is 4.74 Å². The summed E-state index contributed by atoms with van der Waals surface area (Å²) < 4.78 is 82.9. The van der Waals surface area contributed by atoms with E-state index < -0.39 is 35.6 Å². The fourth-order valence-corrected chi connectivity index (χ4v) is 1.32. The summed E-state index contributed by atoms with van der Waals surface area (Å²) in [7, 11) is 0. The topological polar surface area (TPSA) is 31.4 Å². The fraction of sp³-hybridized carbons (Fsp3) is 0.0833. The van der Waals surface area contributed by atoms with E-state index in [1.165, 1.54) is 0 Å². The first-order valence-corrected chi connectivity index (χ1v) is 5.30. The number of rotatable bonds is 3. The summed E-state index contributed by atoms with van der Waals surface area (Å²) in [5.74, 6) is -5.82. The second-order valence-electron chi connectivity index (χ2n) is 3.67. The van der Waals surface area contributed by atoms with Crippen LogP contribution in [0.25, 0.3) is 0 Å². The van der Waals surface area contributed by atoms with Crippen LogP contribution in [0.5, 0.6) is 17.4 Å². The molecule has 0 saturated heterocycles. The van der Waals surface area contributed by atoms with E-state index in [-0.39, 0.29) is 11.8 Å². The fourth-order valence-electron chi connectivity index (χ4n) is 1.32. The minimum absolute atomic E-state index is 0.137. The van der Waals surface area contributed by atoms with Gasteiger partial charge in [-0.25, -0.2) is 8.78 Å². The predicted molar refractivity (Wildman–Crippen MR) is 57.3 cm³/mol. The summed E-state index contributed by atoms with van der Waals surface area (Å²) in [6.07, 6.45) is -4.85. The van der Waals surface area contributed by atoms with E-state index in [0.717, 1.165) is 24.3 Å². The molecule has 1 heterocycles. The molecule has 0 aliphatic heterocycles. The number of alkyl halides is 3. The van der Waals surface area contributed by atoms with E-state index in [0.29, 0.717) is 0 Å². The Balaban J connectivity index is 2.16. The van der Waals surface area contributed by atoms with Gasteiger partial charge in [0.05, 0.1) is 0 Å². The van der Waals surface area contributed by atoms with Crippen molar-refractivity contribution in [3.05, 3.63) is 47.9 Å². The Hall–Kier alpha value is -2.45. The summed E-state index contributed by atoms with van der Waals surface area (Å²) in [6, 6.07) is 4.08. The zero-order valence-corrected chi connectivity index (χ0v) is 9.92. The summed E-state index contributed by atoms with van der Waals surface area (Å²) in [5, 5.41) is 0. The summed E-state index contributed by atoms with van der Waals surface area (Å²) in [4.78, 5) is 2.90. The summed E-state index contributed by atoms with van der Waals surface area (Å²) in [5.41, 5.74) is 0. The number of aromatic nitrogens is 1. The Morgan fingerprint density at radius 1 is 0.857 bits per heavy atom. The van der Waals surface area contributed by atoms with Gasteiger partial charge in [0.2, 0.25) is 0 Å². The van der Waals surface area contributed by atoms with Crippen LogP contribution in [0.2, 0.25) is 0 Å². The third kappa shape index (κ3) is 4.01. The second kappa shape index (κ2) is 5.51. The van der Waals surface area contributed by atoms with E-state index in [1.807, 2.05) is 0 Å². The van der Waals surface area contributed by atoms with Crippen molar-refractivity contribution in [1.82, 2.24) is 4.98 Å². The van der Waals surface area contributed by atoms with Crippen molar-refractivity contribution < 1.29 is 35.8 Å². The lowest BCUT2D eigenvalue weighted by atomic mass is 10.3. The summed E-state index contributed by atoms with van der Waals surface area (Å²) in [6.45, 7) is 0. The van der Waals surface area contributed by atoms with Gasteiger partial charge in [-0.1, -0.05) is 0 Å². The van der Waals surface area contributed by atoms with Gasteiger partial charge in [0.15, 0.2) is 11.6 Å². The molecule has 0 bridgehead atoms. The van der Waals surface area contributed by atoms with E-state index in [9.17, 15) is 26.3 Å². The largest absolute Gasteiger partial charge is 0.573 e. The maximum atomic E-state index is 13.3. The van der Waals surface area contributed by atoms with Crippen LogP contribution < -0.4 is 9.47 Å². The zero-order valence-electron chi connectivity index (χ0n) is 9.92. The first-order chi connectivity index (χ1) is 9.74. The highest BCUT2D eigenvalue weighted by atomic mass is 19.4. The van der Waals surface area contributed by atoms with Gasteiger partial charge in [0.1, 0.15) is 11.5 Å². The van der Waals surface area contributed by atoms with Crippen LogP contribution >= 0.6 is 0 Å². The van der Waals surface area contributed by atoms with Crippen molar-refractivity contribution in [2.45, 2.75) is 6.36 Å². The van der Waals surface area contributed by atoms with Crippen molar-refractivity contribution in [1.29, 1.82) is 0 Å². The molecule has 0 amide bonds. The van der Waals surface area contributed by atoms with Crippen LogP contribution in [0.1, 0.15) is 0 Å². The molecule has 1 aromatic heterocycles. The molecule has 0 aliphatic carbocycles. The Morgan fingerprint density at radius 3 is 2.00 bits per heavy atom. The van der Waals surface area contributed by atoms with Crippen LogP contribution in [0.4, 0.5) is 26.3 Å². The zero-order chi connectivity index (χ0) is 15.6. The molecule has 2 aromatic rings. The normalized spacial score (nSPS) is 11.3. The van der Waals surface area contributed by atoms with Crippen LogP contribution in [-0.4, -0.2) is 11.3 Å². The lowest BCUT2D eigenvalue weighted by Gasteiger charge is -2.10. The molecule has 0 spiro atoms. The number of benzene rings is 1. The molecule has 0 saturated carbocycles. The van der Waals surface area contributed by atoms with Crippen molar-refractivity contribution in [2.75, 3.05) is 0 Å². The number of nitrogens with zero attached hydrogens (tertiary/aromatic N) is 1. The third-order valence-electron chi connectivity index (χ3n) is 2.13. The molecule has 0 N–H and O–H groups in total. The molecule has 0 aliphatic rings. The molecular weight excluding hydrogens is 304 g/mol. The van der Waals surface area contributed by atoms with Crippen LogP contribution in [0, 0.1) is 17.6 Å². The Labute approximate surface area is 113 Å². The maximum Gasteiger partial charge on any atom is 0.573 e. The third-order valence-corrected chi connectivity index (χ3v) is 2.13. The minimum atomic E-state index is -4.85. The molecular formula is C12H5F6NO2. The molecule has 3 nitrogen and oxygen atoms in total. The molecule has 0 unspecified atom stereocenters. The Morgan fingerprint density at radius 2 is 1.43 bits per heavy atom. The van der Waals surface area contributed by atoms with Crippen molar-refractivity contribution in [2.24, 2.45) is 0 Å². The standard InChI is InChI=1S/C12H5F6NO2/c13-8-5-9(14)11(19-10(8)15)20-6-1-3-7(4-2-6)21-12(16,17)18/h1-5H. The highest BCUT2D eigenvalue weighted by Gasteiger charge is 2.31. The number of ether oxygens (including phenoxy) is 2. The number of pyridine rings is 1. The molecule has 0 atom stereocenters. The average molecular weight is 309 g/mol. The van der Waals surface area contributed by atoms with Gasteiger partial charge in [0, 0.05) is 6.07 Å². The van der Waals surface area contributed by atoms with Crippen molar-refractivity contribution >= 4 is 0 Å². The Kier molecular flexibility index (Phi) is 3.92. The minimum Gasteiger partial charge on any atom is -0.436 e. The number of halogens is 6. The lowest BCUT2D eigenvalue weighted by Crippen LogP contribution is -2.16. The van der Waals surface area contributed by atoms with Gasteiger partial charge in [-0.15, -0.1) is 13.2 Å². The highest BCUT2D eigenvalue weighted by Crippen LogP contribution is 2.28. The molecule has 21 heavy (non-hydrogen) atoms. The molecule has 2 rings (SSSR count). The van der Waals surface area contributed by atoms with Gasteiger partial charge in [-0.3, -0.25) is 0 Å². The van der Waals surface area contributed by atoms with Crippen LogP contribution in [-0.2, 0) is 0 Å². The van der Waals surface area contributed by atoms with Gasteiger partial charge < -0.3 is 9.47 Å². The molecule has 112 valence electrons. The van der Waals surface area contributed by atoms with E-state index >= 15 is 0 Å². The van der Waals surface area contributed by atoms with E-state index in [2.05, 4.69) is 9.72 Å². The van der Waals surface area contributed by atoms with Gasteiger partial charge in [0.25, 0.3) is 11.8 Å². The smallest absolute Gasteiger partial charge is 0.436 e. The lowest BCUT2D eigenvalue weighted by molar-refractivity contribution is -0.274. The predicted octanol–water partition coefficient (Wildman–Crippen LogP) is 4.19. The molecule has 1 aromatic carbocycles. The van der Waals surface area contributed by atoms with E-state index in [1.54, 1.807) is 0 Å². The van der Waals surface area contributed by atoms with Crippen LogP contribution in [0.15, 0.2) is 30.3 Å². The summed E-state index contributed by atoms with van der Waals surface area (Å²) >= 11 is 0. The first-order valence-electron chi connectivity index (χ1n) is 5.30. The molecule has 9 heteroatoms. The van der Waals surface area contributed by atoms with Gasteiger partial charge in [-0.2, -0.15) is 9.37 Å². The van der Waals surface area contributed by atoms with Gasteiger partial charge >= 0.3 is 6.36 Å². The Bertz CT molecular complexity index is 641. The van der Waals surface area contributed by atoms with Crippen LogP contribution in [0.3, 0.4) is 0 Å². The van der Waals surface area contributed by atoms with Crippen molar-refractivity contribution in [3.63, 3.8) is 0 Å². The second-order valence-corrected chi connectivity index (χ2v) is 3.67. The van der Waals surface area contributed by atoms with Gasteiger partial charge in [-0.05, 0) is 24.3 Å². The first kappa shape index (κ1) is 14.9. The number of hydrogen-bond donors (Lipinski definition) is 0. The molecule has 0 radical (unpaired) electrons.